The van der Waals surface area contributed by atoms with Crippen LogP contribution in [-0.2, 0) is 9.53 Å². The molecule has 2 N–H and O–H groups in total. The van der Waals surface area contributed by atoms with E-state index >= 15 is 0 Å². The molecule has 4 nitrogen and oxygen atoms in total. The first-order valence-electron chi connectivity index (χ1n) is 5.74. The van der Waals surface area contributed by atoms with E-state index in [4.69, 9.17) is 5.73 Å². The summed E-state index contributed by atoms with van der Waals surface area (Å²) in [6, 6.07) is 1.56. The Hall–Kier alpha value is -1.61. The number of hydrogen-bond donors (Lipinski definition) is 1. The van der Waals surface area contributed by atoms with Crippen LogP contribution in [0.1, 0.15) is 18.5 Å². The van der Waals surface area contributed by atoms with Crippen LogP contribution in [0.4, 0.5) is 22.0 Å². The molecule has 126 valence electrons. The summed E-state index contributed by atoms with van der Waals surface area (Å²) in [5.41, 5.74) is 4.86. The first-order chi connectivity index (χ1) is 9.58. The van der Waals surface area contributed by atoms with Crippen molar-refractivity contribution in [2.24, 2.45) is 5.73 Å². The SMILES string of the molecule is CCOC(=O)C(F)(F)[C@H](N)c1cccc(OC(F)(F)F)c1.Cl. The maximum absolute atomic E-state index is 13.7. The number of esters is 1. The van der Waals surface area contributed by atoms with E-state index in [-0.39, 0.29) is 19.0 Å². The lowest BCUT2D eigenvalue weighted by atomic mass is 10.0. The number of benzene rings is 1. The van der Waals surface area contributed by atoms with Crippen LogP contribution in [0.25, 0.3) is 0 Å². The van der Waals surface area contributed by atoms with Gasteiger partial charge in [0.15, 0.2) is 0 Å². The lowest BCUT2D eigenvalue weighted by molar-refractivity contribution is -0.274. The first-order valence-corrected chi connectivity index (χ1v) is 5.74. The standard InChI is InChI=1S/C12H12F5NO3.ClH/c1-2-20-10(19)11(13,14)9(18)7-4-3-5-8(6-7)21-12(15,16)17;/h3-6,9H,2,18H2,1H3;1H/t9-;/m1./s1. The maximum Gasteiger partial charge on any atom is 0.573 e. The van der Waals surface area contributed by atoms with Crippen molar-refractivity contribution in [2.45, 2.75) is 25.3 Å². The first kappa shape index (κ1) is 20.4. The molecule has 0 unspecified atom stereocenters. The van der Waals surface area contributed by atoms with Crippen LogP contribution in [0, 0.1) is 0 Å². The minimum absolute atomic E-state index is 0. The van der Waals surface area contributed by atoms with Crippen molar-refractivity contribution in [2.75, 3.05) is 6.61 Å². The number of nitrogens with two attached hydrogens (primary N) is 1. The molecule has 0 saturated carbocycles. The fourth-order valence-corrected chi connectivity index (χ4v) is 1.47. The second-order valence-corrected chi connectivity index (χ2v) is 3.94. The molecule has 0 aliphatic heterocycles. The summed E-state index contributed by atoms with van der Waals surface area (Å²) in [5, 5.41) is 0. The highest BCUT2D eigenvalue weighted by Gasteiger charge is 2.48. The molecule has 10 heteroatoms. The molecule has 0 fully saturated rings. The number of hydrogen-bond acceptors (Lipinski definition) is 4. The molecule has 0 radical (unpaired) electrons. The van der Waals surface area contributed by atoms with Gasteiger partial charge < -0.3 is 15.2 Å². The number of carbonyl (C=O) groups excluding carboxylic acids is 1. The zero-order valence-electron chi connectivity index (χ0n) is 11.2. The molecule has 1 aromatic rings. The largest absolute Gasteiger partial charge is 0.573 e. The van der Waals surface area contributed by atoms with Crippen LogP contribution in [0.5, 0.6) is 5.75 Å². The van der Waals surface area contributed by atoms with Crippen LogP contribution in [0.3, 0.4) is 0 Å². The van der Waals surface area contributed by atoms with Gasteiger partial charge in [0, 0.05) is 0 Å². The fourth-order valence-electron chi connectivity index (χ4n) is 1.47. The number of halogens is 6. The number of alkyl halides is 5. The second kappa shape index (κ2) is 7.59. The Morgan fingerprint density at radius 2 is 1.86 bits per heavy atom. The minimum Gasteiger partial charge on any atom is -0.462 e. The zero-order chi connectivity index (χ0) is 16.3. The molecule has 0 bridgehead atoms. The van der Waals surface area contributed by atoms with Crippen LogP contribution in [0.15, 0.2) is 24.3 Å². The fraction of sp³-hybridized carbons (Fsp3) is 0.417. The summed E-state index contributed by atoms with van der Waals surface area (Å²) in [7, 11) is 0. The Labute approximate surface area is 128 Å². The van der Waals surface area contributed by atoms with Crippen LogP contribution in [0.2, 0.25) is 0 Å². The van der Waals surface area contributed by atoms with Crippen molar-refractivity contribution < 1.29 is 36.2 Å². The van der Waals surface area contributed by atoms with Crippen LogP contribution in [-0.4, -0.2) is 24.9 Å². The third-order valence-electron chi connectivity index (χ3n) is 2.39. The van der Waals surface area contributed by atoms with Crippen molar-refractivity contribution >= 4 is 18.4 Å². The predicted octanol–water partition coefficient (Wildman–Crippen LogP) is 3.21. The summed E-state index contributed by atoms with van der Waals surface area (Å²) in [6.45, 7) is 1.05. The molecule has 0 saturated heterocycles. The average molecular weight is 350 g/mol. The maximum atomic E-state index is 13.7. The molecule has 0 spiro atoms. The van der Waals surface area contributed by atoms with E-state index in [0.29, 0.717) is 6.07 Å². The monoisotopic (exact) mass is 349 g/mol. The summed E-state index contributed by atoms with van der Waals surface area (Å²) >= 11 is 0. The molecule has 0 aliphatic rings. The van der Waals surface area contributed by atoms with Gasteiger partial charge in [0.25, 0.3) is 0 Å². The molecule has 0 amide bonds. The van der Waals surface area contributed by atoms with Crippen molar-refractivity contribution in [1.29, 1.82) is 0 Å². The third-order valence-corrected chi connectivity index (χ3v) is 2.39. The van der Waals surface area contributed by atoms with Gasteiger partial charge in [0.1, 0.15) is 11.8 Å². The molecular weight excluding hydrogens is 337 g/mol. The van der Waals surface area contributed by atoms with Gasteiger partial charge in [-0.2, -0.15) is 8.78 Å². The number of rotatable bonds is 5. The number of ether oxygens (including phenoxy) is 2. The van der Waals surface area contributed by atoms with E-state index < -0.39 is 35.6 Å². The second-order valence-electron chi connectivity index (χ2n) is 3.94. The van der Waals surface area contributed by atoms with E-state index in [2.05, 4.69) is 9.47 Å². The van der Waals surface area contributed by atoms with E-state index in [9.17, 15) is 26.7 Å². The van der Waals surface area contributed by atoms with Gasteiger partial charge in [-0.15, -0.1) is 25.6 Å². The van der Waals surface area contributed by atoms with Gasteiger partial charge in [-0.25, -0.2) is 4.79 Å². The van der Waals surface area contributed by atoms with Gasteiger partial charge in [-0.05, 0) is 24.6 Å². The molecule has 1 atom stereocenters. The highest BCUT2D eigenvalue weighted by atomic mass is 35.5. The Morgan fingerprint density at radius 1 is 1.27 bits per heavy atom. The predicted molar refractivity (Wildman–Crippen MR) is 68.9 cm³/mol. The van der Waals surface area contributed by atoms with Crippen molar-refractivity contribution in [1.82, 2.24) is 0 Å². The molecule has 1 rings (SSSR count). The molecule has 0 aliphatic carbocycles. The third kappa shape index (κ3) is 5.30. The summed E-state index contributed by atoms with van der Waals surface area (Å²) in [5.74, 6) is -6.64. The smallest absolute Gasteiger partial charge is 0.462 e. The van der Waals surface area contributed by atoms with Crippen molar-refractivity contribution in [3.05, 3.63) is 29.8 Å². The Kier molecular flexibility index (Phi) is 7.04. The van der Waals surface area contributed by atoms with Crippen LogP contribution >= 0.6 is 12.4 Å². The van der Waals surface area contributed by atoms with Crippen molar-refractivity contribution in [3.63, 3.8) is 0 Å². The topological polar surface area (TPSA) is 61.5 Å². The van der Waals surface area contributed by atoms with Gasteiger partial charge in [0.05, 0.1) is 6.61 Å². The normalized spacial score (nSPS) is 13.0. The highest BCUT2D eigenvalue weighted by Crippen LogP contribution is 2.33. The van der Waals surface area contributed by atoms with Gasteiger partial charge in [-0.1, -0.05) is 12.1 Å². The highest BCUT2D eigenvalue weighted by molar-refractivity contribution is 5.85. The lowest BCUT2D eigenvalue weighted by Crippen LogP contribution is -2.41. The molecule has 0 aromatic heterocycles. The summed E-state index contributed by atoms with van der Waals surface area (Å²) in [4.78, 5) is 11.1. The average Bonchev–Trinajstić information content (AvgIpc) is 2.36. The van der Waals surface area contributed by atoms with Crippen LogP contribution < -0.4 is 10.5 Å². The van der Waals surface area contributed by atoms with E-state index in [0.717, 1.165) is 18.2 Å². The van der Waals surface area contributed by atoms with Gasteiger partial charge in [-0.3, -0.25) is 0 Å². The van der Waals surface area contributed by atoms with E-state index in [1.807, 2.05) is 0 Å². The molecule has 0 heterocycles. The van der Waals surface area contributed by atoms with E-state index in [1.165, 1.54) is 6.92 Å². The zero-order valence-corrected chi connectivity index (χ0v) is 12.0. The van der Waals surface area contributed by atoms with Gasteiger partial charge in [0.2, 0.25) is 0 Å². The Balaban J connectivity index is 0.00000441. The van der Waals surface area contributed by atoms with E-state index in [1.54, 1.807) is 0 Å². The van der Waals surface area contributed by atoms with Crippen molar-refractivity contribution in [3.8, 4) is 5.75 Å². The molecule has 22 heavy (non-hydrogen) atoms. The molecule has 1 aromatic carbocycles. The quantitative estimate of drug-likeness (QED) is 0.655. The minimum atomic E-state index is -4.97. The number of carbonyl (C=O) groups is 1. The van der Waals surface area contributed by atoms with Gasteiger partial charge >= 0.3 is 18.3 Å². The summed E-state index contributed by atoms with van der Waals surface area (Å²) < 4.78 is 71.3. The molecular formula is C12H13ClF5NO3. The Morgan fingerprint density at radius 3 is 2.36 bits per heavy atom. The summed E-state index contributed by atoms with van der Waals surface area (Å²) in [6.07, 6.45) is -4.97. The lowest BCUT2D eigenvalue weighted by Gasteiger charge is -2.22. The Bertz CT molecular complexity index is 510.